The molecule has 5 rings (SSSR count). The predicted octanol–water partition coefficient (Wildman–Crippen LogP) is 6.35. The van der Waals surface area contributed by atoms with Crippen LogP contribution in [0.25, 0.3) is 0 Å². The second kappa shape index (κ2) is 11.0. The van der Waals surface area contributed by atoms with Gasteiger partial charge in [-0.2, -0.15) is 0 Å². The lowest BCUT2D eigenvalue weighted by Gasteiger charge is -2.34. The number of phenolic OH excluding ortho intramolecular Hbond substituents is 2. The van der Waals surface area contributed by atoms with Gasteiger partial charge in [0, 0.05) is 13.1 Å². The SMILES string of the molecule is C[C@H]1CCN(CCOc2ccc([C@@H]3Oc4ccc(O)c(F)c4S[C@@H]3c3cccc(O)c3)cc2)C1.Cl. The Morgan fingerprint density at radius 2 is 1.89 bits per heavy atom. The molecule has 3 aromatic rings. The number of hydrogen-bond acceptors (Lipinski definition) is 6. The van der Waals surface area contributed by atoms with E-state index in [0.717, 1.165) is 42.4 Å². The van der Waals surface area contributed by atoms with Crippen LogP contribution in [0.3, 0.4) is 0 Å². The summed E-state index contributed by atoms with van der Waals surface area (Å²) < 4.78 is 26.9. The highest BCUT2D eigenvalue weighted by Crippen LogP contribution is 2.55. The van der Waals surface area contributed by atoms with Crippen molar-refractivity contribution in [1.29, 1.82) is 0 Å². The monoisotopic (exact) mass is 517 g/mol. The van der Waals surface area contributed by atoms with Gasteiger partial charge in [0.2, 0.25) is 0 Å². The van der Waals surface area contributed by atoms with Crippen LogP contribution < -0.4 is 9.47 Å². The number of rotatable bonds is 6. The molecule has 186 valence electrons. The first-order valence-corrected chi connectivity index (χ1v) is 12.4. The maximum absolute atomic E-state index is 14.7. The molecule has 5 nitrogen and oxygen atoms in total. The summed E-state index contributed by atoms with van der Waals surface area (Å²) in [7, 11) is 0. The molecule has 0 aromatic heterocycles. The highest BCUT2D eigenvalue weighted by atomic mass is 35.5. The number of likely N-dealkylation sites (tertiary alicyclic amines) is 1. The van der Waals surface area contributed by atoms with Gasteiger partial charge in [-0.3, -0.25) is 4.90 Å². The van der Waals surface area contributed by atoms with Crippen LogP contribution in [-0.2, 0) is 0 Å². The fourth-order valence-corrected chi connectivity index (χ4v) is 5.89. The molecule has 0 unspecified atom stereocenters. The van der Waals surface area contributed by atoms with Crippen molar-refractivity contribution < 1.29 is 24.1 Å². The van der Waals surface area contributed by atoms with Gasteiger partial charge in [0.05, 0.1) is 10.1 Å². The minimum atomic E-state index is -0.692. The Morgan fingerprint density at radius 1 is 1.09 bits per heavy atom. The molecule has 2 aliphatic rings. The molecule has 1 fully saturated rings. The van der Waals surface area contributed by atoms with Crippen molar-refractivity contribution in [2.24, 2.45) is 5.92 Å². The molecule has 8 heteroatoms. The average molecular weight is 518 g/mol. The van der Waals surface area contributed by atoms with E-state index in [1.54, 1.807) is 24.3 Å². The largest absolute Gasteiger partial charge is 0.508 e. The van der Waals surface area contributed by atoms with E-state index in [1.165, 1.54) is 24.2 Å². The van der Waals surface area contributed by atoms with E-state index >= 15 is 0 Å². The zero-order valence-corrected chi connectivity index (χ0v) is 21.0. The molecule has 2 aliphatic heterocycles. The predicted molar refractivity (Wildman–Crippen MR) is 138 cm³/mol. The zero-order valence-electron chi connectivity index (χ0n) is 19.4. The van der Waals surface area contributed by atoms with Crippen molar-refractivity contribution in [3.8, 4) is 23.0 Å². The van der Waals surface area contributed by atoms with Gasteiger partial charge in [0.1, 0.15) is 30.0 Å². The summed E-state index contributed by atoms with van der Waals surface area (Å²) in [5.41, 5.74) is 1.73. The fourth-order valence-electron chi connectivity index (χ4n) is 4.58. The van der Waals surface area contributed by atoms with Crippen molar-refractivity contribution in [1.82, 2.24) is 4.90 Å². The molecule has 0 radical (unpaired) electrons. The van der Waals surface area contributed by atoms with Crippen LogP contribution in [0.2, 0.25) is 0 Å². The van der Waals surface area contributed by atoms with Gasteiger partial charge in [-0.05, 0) is 66.4 Å². The number of ether oxygens (including phenoxy) is 2. The number of halogens is 2. The summed E-state index contributed by atoms with van der Waals surface area (Å²) in [6, 6.07) is 17.6. The molecule has 35 heavy (non-hydrogen) atoms. The van der Waals surface area contributed by atoms with Gasteiger partial charge in [0.15, 0.2) is 11.6 Å². The summed E-state index contributed by atoms with van der Waals surface area (Å²) in [5.74, 6) is 0.978. The first kappa shape index (κ1) is 25.5. The number of phenols is 2. The van der Waals surface area contributed by atoms with Crippen LogP contribution in [0, 0.1) is 11.7 Å². The van der Waals surface area contributed by atoms with Gasteiger partial charge in [0.25, 0.3) is 0 Å². The average Bonchev–Trinajstić information content (AvgIpc) is 3.26. The molecule has 3 atom stereocenters. The van der Waals surface area contributed by atoms with Gasteiger partial charge < -0.3 is 19.7 Å². The first-order valence-electron chi connectivity index (χ1n) is 11.6. The molecular weight excluding hydrogens is 489 g/mol. The Kier molecular flexibility index (Phi) is 7.99. The first-order chi connectivity index (χ1) is 16.5. The second-order valence-corrected chi connectivity index (χ2v) is 10.2. The van der Waals surface area contributed by atoms with Crippen LogP contribution in [0.5, 0.6) is 23.0 Å². The summed E-state index contributed by atoms with van der Waals surface area (Å²) in [6.07, 6.45) is 0.838. The molecular formula is C27H29ClFNO4S. The molecule has 0 bridgehead atoms. The van der Waals surface area contributed by atoms with Crippen molar-refractivity contribution in [3.05, 3.63) is 77.6 Å². The standard InChI is InChI=1S/C27H28FNO4S.ClH/c1-17-11-12-29(16-17)13-14-32-21-7-5-18(6-8-21)25-26(19-3-2-4-20(30)15-19)34-27-23(33-25)10-9-22(31)24(27)28;/h2-10,15,17,25-26,30-31H,11-14,16H2,1H3;1H/t17-,25-,26+;/m0./s1. The number of fused-ring (bicyclic) bond motifs is 1. The van der Waals surface area contributed by atoms with Crippen molar-refractivity contribution in [2.75, 3.05) is 26.2 Å². The Bertz CT molecular complexity index is 1160. The zero-order chi connectivity index (χ0) is 23.7. The normalized spacial score (nSPS) is 21.6. The van der Waals surface area contributed by atoms with Gasteiger partial charge >= 0.3 is 0 Å². The Labute approximate surface area is 215 Å². The third-order valence-corrected chi connectivity index (χ3v) is 7.80. The van der Waals surface area contributed by atoms with Crippen LogP contribution in [0.4, 0.5) is 4.39 Å². The van der Waals surface area contributed by atoms with E-state index in [-0.39, 0.29) is 28.3 Å². The van der Waals surface area contributed by atoms with Crippen LogP contribution >= 0.6 is 24.2 Å². The Hall–Kier alpha value is -2.61. The van der Waals surface area contributed by atoms with Gasteiger partial charge in [-0.25, -0.2) is 4.39 Å². The number of thioether (sulfide) groups is 1. The highest BCUT2D eigenvalue weighted by molar-refractivity contribution is 7.99. The summed E-state index contributed by atoms with van der Waals surface area (Å²) in [5, 5.41) is 19.5. The third-order valence-electron chi connectivity index (χ3n) is 6.41. The van der Waals surface area contributed by atoms with Crippen LogP contribution in [-0.4, -0.2) is 41.4 Å². The molecule has 1 saturated heterocycles. The summed E-state index contributed by atoms with van der Waals surface area (Å²) in [4.78, 5) is 2.70. The molecule has 0 spiro atoms. The number of benzene rings is 3. The van der Waals surface area contributed by atoms with Crippen molar-refractivity contribution in [2.45, 2.75) is 29.6 Å². The minimum Gasteiger partial charge on any atom is -0.508 e. The maximum Gasteiger partial charge on any atom is 0.182 e. The van der Waals surface area contributed by atoms with E-state index in [0.29, 0.717) is 12.4 Å². The minimum absolute atomic E-state index is 0. The lowest BCUT2D eigenvalue weighted by atomic mass is 10.00. The van der Waals surface area contributed by atoms with Crippen LogP contribution in [0.1, 0.15) is 35.8 Å². The quantitative estimate of drug-likeness (QED) is 0.397. The van der Waals surface area contributed by atoms with E-state index in [2.05, 4.69) is 11.8 Å². The van der Waals surface area contributed by atoms with Gasteiger partial charge in [-0.15, -0.1) is 24.2 Å². The van der Waals surface area contributed by atoms with E-state index in [4.69, 9.17) is 9.47 Å². The fraction of sp³-hybridized carbons (Fsp3) is 0.333. The third kappa shape index (κ3) is 5.63. The molecule has 2 heterocycles. The molecule has 0 saturated carbocycles. The smallest absolute Gasteiger partial charge is 0.182 e. The highest BCUT2D eigenvalue weighted by Gasteiger charge is 2.36. The maximum atomic E-state index is 14.7. The molecule has 3 aromatic carbocycles. The number of nitrogens with zero attached hydrogens (tertiary/aromatic N) is 1. The number of hydrogen-bond donors (Lipinski definition) is 2. The molecule has 0 aliphatic carbocycles. The van der Waals surface area contributed by atoms with Crippen molar-refractivity contribution in [3.63, 3.8) is 0 Å². The lowest BCUT2D eigenvalue weighted by molar-refractivity contribution is 0.187. The van der Waals surface area contributed by atoms with E-state index in [1.807, 2.05) is 30.3 Å². The van der Waals surface area contributed by atoms with Gasteiger partial charge in [-0.1, -0.05) is 31.2 Å². The van der Waals surface area contributed by atoms with E-state index in [9.17, 15) is 14.6 Å². The van der Waals surface area contributed by atoms with E-state index < -0.39 is 17.7 Å². The second-order valence-electron chi connectivity index (χ2n) is 9.01. The Morgan fingerprint density at radius 3 is 2.60 bits per heavy atom. The molecule has 0 amide bonds. The lowest BCUT2D eigenvalue weighted by Crippen LogP contribution is -2.25. The van der Waals surface area contributed by atoms with Crippen molar-refractivity contribution >= 4 is 24.2 Å². The summed E-state index contributed by atoms with van der Waals surface area (Å²) >= 11 is 1.29. The number of aromatic hydroxyl groups is 2. The van der Waals surface area contributed by atoms with Crippen LogP contribution in [0.15, 0.2) is 65.6 Å². The Balaban J connectivity index is 0.00000289. The summed E-state index contributed by atoms with van der Waals surface area (Å²) in [6.45, 7) is 6.11. The topological polar surface area (TPSA) is 62.2 Å². The molecule has 2 N–H and O–H groups in total.